The molecule has 0 saturated carbocycles. The molecule has 1 heterocycles. The van der Waals surface area contributed by atoms with Gasteiger partial charge in [0, 0.05) is 23.7 Å². The van der Waals surface area contributed by atoms with Crippen molar-refractivity contribution in [1.29, 1.82) is 0 Å². The zero-order valence-corrected chi connectivity index (χ0v) is 11.9. The Hall–Kier alpha value is -0.680. The molecule has 2 rings (SSSR count). The van der Waals surface area contributed by atoms with Crippen LogP contribution < -0.4 is 5.73 Å². The number of rotatable bonds is 4. The van der Waals surface area contributed by atoms with Crippen LogP contribution in [-0.2, 0) is 4.74 Å². The van der Waals surface area contributed by atoms with Gasteiger partial charge in [-0.1, -0.05) is 18.5 Å². The van der Waals surface area contributed by atoms with Crippen molar-refractivity contribution in [2.75, 3.05) is 26.2 Å². The minimum Gasteiger partial charge on any atom is -0.374 e. The standard InChI is InChI=1S/C14H20ClFN2O/c1-2-5-18-6-7-19-13(9-17)14(18)11-8-10(15)3-4-12(11)16/h3-4,8,13-14H,2,5-7,9,17H2,1H3. The summed E-state index contributed by atoms with van der Waals surface area (Å²) in [5.74, 6) is -0.251. The van der Waals surface area contributed by atoms with Crippen LogP contribution >= 0.6 is 11.6 Å². The maximum absolute atomic E-state index is 14.1. The van der Waals surface area contributed by atoms with Crippen LogP contribution in [-0.4, -0.2) is 37.2 Å². The zero-order valence-electron chi connectivity index (χ0n) is 11.1. The Labute approximate surface area is 118 Å². The van der Waals surface area contributed by atoms with Crippen molar-refractivity contribution in [2.24, 2.45) is 5.73 Å². The van der Waals surface area contributed by atoms with Gasteiger partial charge in [0.1, 0.15) is 5.82 Å². The van der Waals surface area contributed by atoms with Crippen LogP contribution in [0.3, 0.4) is 0 Å². The molecule has 1 fully saturated rings. The maximum Gasteiger partial charge on any atom is 0.128 e. The molecule has 0 aromatic heterocycles. The summed E-state index contributed by atoms with van der Waals surface area (Å²) in [5.41, 5.74) is 6.35. The second kappa shape index (κ2) is 6.66. The van der Waals surface area contributed by atoms with Crippen LogP contribution in [0.4, 0.5) is 4.39 Å². The third-order valence-electron chi connectivity index (χ3n) is 3.48. The molecule has 2 unspecified atom stereocenters. The first-order chi connectivity index (χ1) is 9.17. The van der Waals surface area contributed by atoms with E-state index >= 15 is 0 Å². The van der Waals surface area contributed by atoms with Crippen LogP contribution in [0.5, 0.6) is 0 Å². The minimum absolute atomic E-state index is 0.155. The lowest BCUT2D eigenvalue weighted by molar-refractivity contribution is -0.0686. The third kappa shape index (κ3) is 3.26. The molecular weight excluding hydrogens is 267 g/mol. The number of benzene rings is 1. The molecule has 1 aromatic carbocycles. The Bertz CT molecular complexity index is 428. The molecule has 0 spiro atoms. The molecule has 19 heavy (non-hydrogen) atoms. The highest BCUT2D eigenvalue weighted by Crippen LogP contribution is 2.32. The van der Waals surface area contributed by atoms with Gasteiger partial charge < -0.3 is 10.5 Å². The maximum atomic E-state index is 14.1. The van der Waals surface area contributed by atoms with Crippen LogP contribution in [0.25, 0.3) is 0 Å². The molecule has 0 aliphatic carbocycles. The summed E-state index contributed by atoms with van der Waals surface area (Å²) in [6.45, 7) is 4.81. The number of hydrogen-bond acceptors (Lipinski definition) is 3. The Morgan fingerprint density at radius 2 is 2.32 bits per heavy atom. The van der Waals surface area contributed by atoms with Crippen LogP contribution in [0.15, 0.2) is 18.2 Å². The second-order valence-electron chi connectivity index (χ2n) is 4.79. The van der Waals surface area contributed by atoms with E-state index in [0.717, 1.165) is 19.5 Å². The fourth-order valence-electron chi connectivity index (χ4n) is 2.66. The average molecular weight is 287 g/mol. The van der Waals surface area contributed by atoms with E-state index in [2.05, 4.69) is 11.8 Å². The molecule has 1 saturated heterocycles. The van der Waals surface area contributed by atoms with Crippen molar-refractivity contribution in [3.8, 4) is 0 Å². The molecule has 2 N–H and O–H groups in total. The van der Waals surface area contributed by atoms with Crippen molar-refractivity contribution in [3.05, 3.63) is 34.6 Å². The van der Waals surface area contributed by atoms with Gasteiger partial charge in [-0.25, -0.2) is 4.39 Å². The smallest absolute Gasteiger partial charge is 0.128 e. The summed E-state index contributed by atoms with van der Waals surface area (Å²) in [6.07, 6.45) is 0.823. The predicted molar refractivity (Wildman–Crippen MR) is 74.8 cm³/mol. The fraction of sp³-hybridized carbons (Fsp3) is 0.571. The normalized spacial score (nSPS) is 24.6. The van der Waals surface area contributed by atoms with Gasteiger partial charge in [-0.2, -0.15) is 0 Å². The number of hydrogen-bond donors (Lipinski definition) is 1. The van der Waals surface area contributed by atoms with Crippen LogP contribution in [0.1, 0.15) is 24.9 Å². The van der Waals surface area contributed by atoms with E-state index in [1.54, 1.807) is 12.1 Å². The summed E-state index contributed by atoms with van der Waals surface area (Å²) in [6, 6.07) is 4.49. The molecule has 0 bridgehead atoms. The number of nitrogens with two attached hydrogens (primary N) is 1. The monoisotopic (exact) mass is 286 g/mol. The first-order valence-electron chi connectivity index (χ1n) is 6.68. The molecule has 5 heteroatoms. The molecule has 1 aliphatic heterocycles. The topological polar surface area (TPSA) is 38.5 Å². The molecule has 0 radical (unpaired) electrons. The Balaban J connectivity index is 2.36. The quantitative estimate of drug-likeness (QED) is 0.925. The van der Waals surface area contributed by atoms with Gasteiger partial charge >= 0.3 is 0 Å². The SMILES string of the molecule is CCCN1CCOC(CN)C1c1cc(Cl)ccc1F. The lowest BCUT2D eigenvalue weighted by atomic mass is 9.97. The van der Waals surface area contributed by atoms with Gasteiger partial charge in [0.25, 0.3) is 0 Å². The number of morpholine rings is 1. The van der Waals surface area contributed by atoms with Crippen molar-refractivity contribution >= 4 is 11.6 Å². The van der Waals surface area contributed by atoms with E-state index < -0.39 is 0 Å². The van der Waals surface area contributed by atoms with Crippen LogP contribution in [0, 0.1) is 5.82 Å². The number of nitrogens with zero attached hydrogens (tertiary/aromatic N) is 1. The lowest BCUT2D eigenvalue weighted by Gasteiger charge is -2.41. The van der Waals surface area contributed by atoms with E-state index in [1.165, 1.54) is 6.07 Å². The molecule has 1 aromatic rings. The average Bonchev–Trinajstić information content (AvgIpc) is 2.42. The zero-order chi connectivity index (χ0) is 13.8. The Morgan fingerprint density at radius 1 is 1.53 bits per heavy atom. The lowest BCUT2D eigenvalue weighted by Crippen LogP contribution is -2.48. The second-order valence-corrected chi connectivity index (χ2v) is 5.23. The van der Waals surface area contributed by atoms with E-state index in [1.807, 2.05) is 0 Å². The Morgan fingerprint density at radius 3 is 3.00 bits per heavy atom. The highest BCUT2D eigenvalue weighted by molar-refractivity contribution is 6.30. The Kier molecular flexibility index (Phi) is 5.16. The summed E-state index contributed by atoms with van der Waals surface area (Å²) >= 11 is 5.99. The molecule has 106 valence electrons. The first kappa shape index (κ1) is 14.7. The van der Waals surface area contributed by atoms with Crippen molar-refractivity contribution in [2.45, 2.75) is 25.5 Å². The van der Waals surface area contributed by atoms with E-state index in [0.29, 0.717) is 23.7 Å². The summed E-state index contributed by atoms with van der Waals surface area (Å²) in [7, 11) is 0. The molecule has 2 atom stereocenters. The first-order valence-corrected chi connectivity index (χ1v) is 7.05. The van der Waals surface area contributed by atoms with Gasteiger partial charge in [-0.05, 0) is 31.2 Å². The van der Waals surface area contributed by atoms with E-state index in [-0.39, 0.29) is 18.0 Å². The van der Waals surface area contributed by atoms with Gasteiger partial charge in [0.15, 0.2) is 0 Å². The largest absolute Gasteiger partial charge is 0.374 e. The van der Waals surface area contributed by atoms with Crippen molar-refractivity contribution in [1.82, 2.24) is 4.90 Å². The number of ether oxygens (including phenoxy) is 1. The van der Waals surface area contributed by atoms with Gasteiger partial charge in [0.2, 0.25) is 0 Å². The fourth-order valence-corrected chi connectivity index (χ4v) is 2.84. The summed E-state index contributed by atoms with van der Waals surface area (Å²) < 4.78 is 19.8. The molecule has 0 amide bonds. The predicted octanol–water partition coefficient (Wildman–Crippen LogP) is 2.59. The summed E-state index contributed by atoms with van der Waals surface area (Å²) in [4.78, 5) is 2.23. The van der Waals surface area contributed by atoms with E-state index in [4.69, 9.17) is 22.1 Å². The van der Waals surface area contributed by atoms with Gasteiger partial charge in [0.05, 0.1) is 18.8 Å². The number of halogens is 2. The van der Waals surface area contributed by atoms with Crippen LogP contribution in [0.2, 0.25) is 5.02 Å². The highest BCUT2D eigenvalue weighted by atomic mass is 35.5. The molecular formula is C14H20ClFN2O. The highest BCUT2D eigenvalue weighted by Gasteiger charge is 2.34. The van der Waals surface area contributed by atoms with Crippen molar-refractivity contribution in [3.63, 3.8) is 0 Å². The third-order valence-corrected chi connectivity index (χ3v) is 3.71. The van der Waals surface area contributed by atoms with Gasteiger partial charge in [-0.3, -0.25) is 4.90 Å². The van der Waals surface area contributed by atoms with Gasteiger partial charge in [-0.15, -0.1) is 0 Å². The summed E-state index contributed by atoms with van der Waals surface area (Å²) in [5, 5.41) is 0.536. The van der Waals surface area contributed by atoms with E-state index in [9.17, 15) is 4.39 Å². The molecule has 3 nitrogen and oxygen atoms in total. The van der Waals surface area contributed by atoms with Crippen molar-refractivity contribution < 1.29 is 9.13 Å². The molecule has 1 aliphatic rings. The minimum atomic E-state index is -0.251.